The molecule has 1 amide bonds. The van der Waals surface area contributed by atoms with Crippen molar-refractivity contribution in [2.45, 2.75) is 13.5 Å². The molecule has 120 valence electrons. The van der Waals surface area contributed by atoms with E-state index in [1.54, 1.807) is 17.5 Å². The smallest absolute Gasteiger partial charge is 0.254 e. The molecule has 1 aliphatic heterocycles. The first-order valence-electron chi connectivity index (χ1n) is 7.89. The van der Waals surface area contributed by atoms with Gasteiger partial charge >= 0.3 is 0 Å². The Morgan fingerprint density at radius 2 is 1.92 bits per heavy atom. The summed E-state index contributed by atoms with van der Waals surface area (Å²) >= 11 is 1.71. The van der Waals surface area contributed by atoms with Gasteiger partial charge in [0.15, 0.2) is 0 Å². The molecular weight excluding hydrogens is 318 g/mol. The lowest BCUT2D eigenvalue weighted by Gasteiger charge is -2.10. The lowest BCUT2D eigenvalue weighted by atomic mass is 10.1. The van der Waals surface area contributed by atoms with Crippen LogP contribution in [0, 0.1) is 0 Å². The molecule has 4 nitrogen and oxygen atoms in total. The number of aromatic nitrogens is 1. The molecule has 0 atom stereocenters. The molecule has 0 unspecified atom stereocenters. The van der Waals surface area contributed by atoms with Gasteiger partial charge in [0.25, 0.3) is 5.91 Å². The Morgan fingerprint density at radius 1 is 1.12 bits per heavy atom. The van der Waals surface area contributed by atoms with Gasteiger partial charge in [0.2, 0.25) is 0 Å². The number of pyridine rings is 1. The monoisotopic (exact) mass is 335 g/mol. The number of fused-ring (bicyclic) bond motifs is 1. The summed E-state index contributed by atoms with van der Waals surface area (Å²) in [6, 6.07) is 12.2. The molecule has 0 aliphatic carbocycles. The van der Waals surface area contributed by atoms with Crippen molar-refractivity contribution in [2.24, 2.45) is 0 Å². The molecule has 0 bridgehead atoms. The van der Waals surface area contributed by atoms with Crippen LogP contribution in [0.1, 0.15) is 22.8 Å². The number of nitrogen functional groups attached to an aromatic ring is 1. The number of rotatable bonds is 3. The van der Waals surface area contributed by atoms with E-state index < -0.39 is 0 Å². The van der Waals surface area contributed by atoms with Crippen LogP contribution in [0.25, 0.3) is 20.9 Å². The fourth-order valence-electron chi connectivity index (χ4n) is 3.03. The Bertz CT molecular complexity index is 932. The Hall–Kier alpha value is -2.66. The summed E-state index contributed by atoms with van der Waals surface area (Å²) in [4.78, 5) is 20.5. The maximum atomic E-state index is 12.2. The molecule has 5 heteroatoms. The first-order chi connectivity index (χ1) is 11.7. The minimum Gasteiger partial charge on any atom is -0.397 e. The second-order valence-electron chi connectivity index (χ2n) is 5.86. The van der Waals surface area contributed by atoms with Crippen molar-refractivity contribution in [2.75, 3.05) is 12.3 Å². The van der Waals surface area contributed by atoms with Gasteiger partial charge in [-0.05, 0) is 48.4 Å². The minimum atomic E-state index is 0.136. The number of carbonyl (C=O) groups is 1. The zero-order valence-corrected chi connectivity index (χ0v) is 14.1. The van der Waals surface area contributed by atoms with E-state index >= 15 is 0 Å². The zero-order valence-electron chi connectivity index (χ0n) is 13.3. The summed E-state index contributed by atoms with van der Waals surface area (Å²) in [5, 5.41) is 0. The van der Waals surface area contributed by atoms with Crippen LogP contribution in [0.4, 0.5) is 5.69 Å². The Balaban J connectivity index is 1.68. The van der Waals surface area contributed by atoms with Gasteiger partial charge in [-0.1, -0.05) is 6.07 Å². The van der Waals surface area contributed by atoms with Crippen LogP contribution >= 0.6 is 11.3 Å². The predicted octanol–water partition coefficient (Wildman–Crippen LogP) is 4.04. The summed E-state index contributed by atoms with van der Waals surface area (Å²) in [5.41, 5.74) is 10.6. The number of benzene rings is 1. The second-order valence-corrected chi connectivity index (χ2v) is 6.95. The van der Waals surface area contributed by atoms with Crippen LogP contribution in [0.5, 0.6) is 0 Å². The molecule has 2 N–H and O–H groups in total. The number of carbonyl (C=O) groups excluding carboxylic acids is 1. The highest BCUT2D eigenvalue weighted by atomic mass is 32.1. The van der Waals surface area contributed by atoms with E-state index in [4.69, 9.17) is 5.73 Å². The molecular formula is C19H17N3OS. The highest BCUT2D eigenvalue weighted by Gasteiger charge is 2.26. The fourth-order valence-corrected chi connectivity index (χ4v) is 4.01. The molecule has 1 aliphatic rings. The van der Waals surface area contributed by atoms with E-state index in [0.29, 0.717) is 12.2 Å². The standard InChI is InChI=1S/C19H17N3OS/c1-2-22-11-14-7-12(3-4-16(14)19(22)23)17-5-6-18(24-17)13-8-15(20)10-21-9-13/h3-10H,2,11,20H2,1H3. The van der Waals surface area contributed by atoms with Crippen molar-refractivity contribution in [3.05, 3.63) is 59.9 Å². The van der Waals surface area contributed by atoms with Crippen LogP contribution in [-0.2, 0) is 6.54 Å². The normalized spacial score (nSPS) is 13.4. The average molecular weight is 335 g/mol. The number of hydrogen-bond acceptors (Lipinski definition) is 4. The molecule has 4 rings (SSSR count). The minimum absolute atomic E-state index is 0.136. The maximum Gasteiger partial charge on any atom is 0.254 e. The highest BCUT2D eigenvalue weighted by Crippen LogP contribution is 2.36. The van der Waals surface area contributed by atoms with Gasteiger partial charge in [-0.15, -0.1) is 11.3 Å². The van der Waals surface area contributed by atoms with Crippen molar-refractivity contribution in [3.8, 4) is 20.9 Å². The number of thiophene rings is 1. The van der Waals surface area contributed by atoms with Crippen molar-refractivity contribution in [1.29, 1.82) is 0 Å². The van der Waals surface area contributed by atoms with E-state index in [9.17, 15) is 4.79 Å². The largest absolute Gasteiger partial charge is 0.397 e. The molecule has 0 radical (unpaired) electrons. The maximum absolute atomic E-state index is 12.2. The van der Waals surface area contributed by atoms with Crippen molar-refractivity contribution < 1.29 is 4.79 Å². The van der Waals surface area contributed by atoms with Crippen LogP contribution in [0.3, 0.4) is 0 Å². The van der Waals surface area contributed by atoms with E-state index in [1.807, 2.05) is 36.2 Å². The third-order valence-corrected chi connectivity index (χ3v) is 5.48. The molecule has 2 aromatic heterocycles. The van der Waals surface area contributed by atoms with E-state index in [1.165, 1.54) is 4.88 Å². The van der Waals surface area contributed by atoms with Crippen LogP contribution in [0.15, 0.2) is 48.8 Å². The highest BCUT2D eigenvalue weighted by molar-refractivity contribution is 7.18. The third-order valence-electron chi connectivity index (χ3n) is 4.30. The first kappa shape index (κ1) is 14.9. The average Bonchev–Trinajstić information content (AvgIpc) is 3.20. The van der Waals surface area contributed by atoms with Gasteiger partial charge in [-0.3, -0.25) is 9.78 Å². The summed E-state index contributed by atoms with van der Waals surface area (Å²) in [7, 11) is 0. The lowest BCUT2D eigenvalue weighted by molar-refractivity contribution is 0.0787. The molecule has 0 saturated heterocycles. The van der Waals surface area contributed by atoms with Gasteiger partial charge in [-0.2, -0.15) is 0 Å². The topological polar surface area (TPSA) is 59.2 Å². The molecule has 3 heterocycles. The van der Waals surface area contributed by atoms with Crippen LogP contribution < -0.4 is 5.73 Å². The van der Waals surface area contributed by atoms with Gasteiger partial charge in [0, 0.05) is 46.4 Å². The molecule has 1 aromatic carbocycles. The lowest BCUT2D eigenvalue weighted by Crippen LogP contribution is -2.22. The van der Waals surface area contributed by atoms with E-state index in [2.05, 4.69) is 23.2 Å². The van der Waals surface area contributed by atoms with Gasteiger partial charge in [0.05, 0.1) is 5.69 Å². The first-order valence-corrected chi connectivity index (χ1v) is 8.70. The molecule has 3 aromatic rings. The predicted molar refractivity (Wildman–Crippen MR) is 97.8 cm³/mol. The van der Waals surface area contributed by atoms with Gasteiger partial charge in [0.1, 0.15) is 0 Å². The second kappa shape index (κ2) is 5.76. The van der Waals surface area contributed by atoms with Gasteiger partial charge < -0.3 is 10.6 Å². The Kier molecular flexibility index (Phi) is 3.58. The van der Waals surface area contributed by atoms with E-state index in [0.717, 1.165) is 33.7 Å². The number of nitrogens with two attached hydrogens (primary N) is 1. The van der Waals surface area contributed by atoms with Crippen LogP contribution in [0.2, 0.25) is 0 Å². The fraction of sp³-hybridized carbons (Fsp3) is 0.158. The summed E-state index contributed by atoms with van der Waals surface area (Å²) in [6.45, 7) is 3.46. The van der Waals surface area contributed by atoms with Gasteiger partial charge in [-0.25, -0.2) is 0 Å². The van der Waals surface area contributed by atoms with Crippen LogP contribution in [-0.4, -0.2) is 22.3 Å². The molecule has 0 saturated carbocycles. The Morgan fingerprint density at radius 3 is 2.67 bits per heavy atom. The van der Waals surface area contributed by atoms with Crippen molar-refractivity contribution in [1.82, 2.24) is 9.88 Å². The SMILES string of the molecule is CCN1Cc2cc(-c3ccc(-c4cncc(N)c4)s3)ccc2C1=O. The zero-order chi connectivity index (χ0) is 16.7. The van der Waals surface area contributed by atoms with Crippen molar-refractivity contribution >= 4 is 22.9 Å². The van der Waals surface area contributed by atoms with E-state index in [-0.39, 0.29) is 5.91 Å². The molecule has 0 spiro atoms. The van der Waals surface area contributed by atoms with Crippen molar-refractivity contribution in [3.63, 3.8) is 0 Å². The number of anilines is 1. The quantitative estimate of drug-likeness (QED) is 0.786. The number of hydrogen-bond donors (Lipinski definition) is 1. The number of nitrogens with zero attached hydrogens (tertiary/aromatic N) is 2. The number of amides is 1. The third kappa shape index (κ3) is 2.47. The summed E-state index contributed by atoms with van der Waals surface area (Å²) in [6.07, 6.45) is 3.47. The molecule has 24 heavy (non-hydrogen) atoms. The molecule has 0 fully saturated rings. The summed E-state index contributed by atoms with van der Waals surface area (Å²) in [5.74, 6) is 0.136. The Labute approximate surface area is 144 Å². The summed E-state index contributed by atoms with van der Waals surface area (Å²) < 4.78 is 0.